The van der Waals surface area contributed by atoms with Crippen LogP contribution in [0.1, 0.15) is 29.5 Å². The molecule has 1 heterocycles. The number of likely N-dealkylation sites (tertiary alicyclic amines) is 1. The van der Waals surface area contributed by atoms with Crippen LogP contribution in [0.5, 0.6) is 5.75 Å². The molecule has 2 aromatic rings. The van der Waals surface area contributed by atoms with E-state index >= 15 is 0 Å². The third-order valence-corrected chi connectivity index (χ3v) is 5.38. The lowest BCUT2D eigenvalue weighted by molar-refractivity contribution is 0.222. The molecule has 0 atom stereocenters. The predicted molar refractivity (Wildman–Crippen MR) is 141 cm³/mol. The molecule has 0 aliphatic carbocycles. The van der Waals surface area contributed by atoms with Crippen molar-refractivity contribution >= 4 is 41.7 Å². The minimum Gasteiger partial charge on any atom is -0.496 e. The van der Waals surface area contributed by atoms with E-state index in [0.717, 1.165) is 61.9 Å². The first kappa shape index (κ1) is 25.8. The number of urea groups is 1. The largest absolute Gasteiger partial charge is 0.496 e. The highest BCUT2D eigenvalue weighted by Gasteiger charge is 2.17. The first-order valence-corrected chi connectivity index (χ1v) is 10.8. The van der Waals surface area contributed by atoms with E-state index in [9.17, 15) is 4.79 Å². The summed E-state index contributed by atoms with van der Waals surface area (Å²) in [7, 11) is 3.46. The number of carbonyl (C=O) groups excluding carboxylic acids is 1. The molecule has 0 saturated carbocycles. The lowest BCUT2D eigenvalue weighted by Gasteiger charge is -2.17. The summed E-state index contributed by atoms with van der Waals surface area (Å²) in [5.74, 6) is 1.64. The smallest absolute Gasteiger partial charge is 0.321 e. The Bertz CT molecular complexity index is 913. The van der Waals surface area contributed by atoms with Crippen molar-refractivity contribution in [3.8, 4) is 5.75 Å². The predicted octanol–water partition coefficient (Wildman–Crippen LogP) is 4.16. The second-order valence-electron chi connectivity index (χ2n) is 7.74. The van der Waals surface area contributed by atoms with Crippen molar-refractivity contribution < 1.29 is 9.53 Å². The van der Waals surface area contributed by atoms with Crippen molar-refractivity contribution in [2.75, 3.05) is 39.1 Å². The van der Waals surface area contributed by atoms with E-state index in [1.165, 1.54) is 11.1 Å². The van der Waals surface area contributed by atoms with Gasteiger partial charge >= 0.3 is 6.03 Å². The van der Waals surface area contributed by atoms with E-state index in [1.54, 1.807) is 14.2 Å². The van der Waals surface area contributed by atoms with E-state index in [-0.39, 0.29) is 30.0 Å². The van der Waals surface area contributed by atoms with E-state index in [1.807, 2.05) is 35.2 Å². The number of methoxy groups -OCH3 is 1. The third kappa shape index (κ3) is 7.58. The molecule has 32 heavy (non-hydrogen) atoms. The van der Waals surface area contributed by atoms with Gasteiger partial charge in [0.15, 0.2) is 5.96 Å². The van der Waals surface area contributed by atoms with Gasteiger partial charge in [-0.05, 0) is 55.5 Å². The summed E-state index contributed by atoms with van der Waals surface area (Å²) in [5.41, 5.74) is 4.27. The van der Waals surface area contributed by atoms with Crippen LogP contribution in [0.25, 0.3) is 0 Å². The Labute approximate surface area is 208 Å². The maximum absolute atomic E-state index is 12.3. The zero-order valence-corrected chi connectivity index (χ0v) is 21.4. The number of anilines is 1. The van der Waals surface area contributed by atoms with Crippen LogP contribution in [0.2, 0.25) is 0 Å². The van der Waals surface area contributed by atoms with Crippen molar-refractivity contribution in [2.45, 2.75) is 32.7 Å². The maximum Gasteiger partial charge on any atom is 0.321 e. The molecular formula is C24H34IN5O2. The standard InChI is InChI=1S/C24H33N5O2.HI/c1-18-9-10-22(31-3)20(15-18)11-12-26-23(25-2)27-17-19-7-6-8-21(16-19)28-24(30)29-13-4-5-14-29;/h6-10,15-16H,4-5,11-14,17H2,1-3H3,(H,28,30)(H2,25,26,27);1H. The highest BCUT2D eigenvalue weighted by atomic mass is 127. The summed E-state index contributed by atoms with van der Waals surface area (Å²) < 4.78 is 5.45. The summed E-state index contributed by atoms with van der Waals surface area (Å²) in [6.07, 6.45) is 3.00. The number of ether oxygens (including phenoxy) is 1. The number of aliphatic imine (C=N–C) groups is 1. The van der Waals surface area contributed by atoms with Crippen molar-refractivity contribution in [2.24, 2.45) is 4.99 Å². The molecule has 3 rings (SSSR count). The normalized spacial score (nSPS) is 13.3. The van der Waals surface area contributed by atoms with Gasteiger partial charge in [-0.25, -0.2) is 4.79 Å². The molecule has 7 nitrogen and oxygen atoms in total. The molecule has 0 spiro atoms. The number of guanidine groups is 1. The molecule has 1 aliphatic heterocycles. The molecule has 0 unspecified atom stereocenters. The highest BCUT2D eigenvalue weighted by molar-refractivity contribution is 14.0. The van der Waals surface area contributed by atoms with Crippen LogP contribution in [0, 0.1) is 6.92 Å². The Balaban J connectivity index is 0.00000363. The number of aryl methyl sites for hydroxylation is 1. The molecule has 0 aromatic heterocycles. The summed E-state index contributed by atoms with van der Waals surface area (Å²) >= 11 is 0. The molecule has 2 amide bonds. The van der Waals surface area contributed by atoms with E-state index in [2.05, 4.69) is 40.0 Å². The highest BCUT2D eigenvalue weighted by Crippen LogP contribution is 2.19. The van der Waals surface area contributed by atoms with Crippen LogP contribution in [-0.4, -0.2) is 50.7 Å². The quantitative estimate of drug-likeness (QED) is 0.275. The summed E-state index contributed by atoms with van der Waals surface area (Å²) in [6.45, 7) is 5.11. The first-order valence-electron chi connectivity index (χ1n) is 10.8. The number of hydrogen-bond acceptors (Lipinski definition) is 3. The number of halogens is 1. The van der Waals surface area contributed by atoms with Gasteiger partial charge < -0.3 is 25.6 Å². The minimum absolute atomic E-state index is 0. The summed E-state index contributed by atoms with van der Waals surface area (Å²) in [6, 6.07) is 14.1. The zero-order chi connectivity index (χ0) is 22.1. The monoisotopic (exact) mass is 551 g/mol. The van der Waals surface area contributed by atoms with Crippen molar-refractivity contribution in [1.29, 1.82) is 0 Å². The van der Waals surface area contributed by atoms with Gasteiger partial charge in [-0.15, -0.1) is 24.0 Å². The average molecular weight is 551 g/mol. The van der Waals surface area contributed by atoms with Crippen LogP contribution in [0.3, 0.4) is 0 Å². The van der Waals surface area contributed by atoms with Crippen molar-refractivity contribution in [3.05, 3.63) is 59.2 Å². The summed E-state index contributed by atoms with van der Waals surface area (Å²) in [5, 5.41) is 9.68. The molecule has 0 bridgehead atoms. The van der Waals surface area contributed by atoms with Crippen LogP contribution in [0.15, 0.2) is 47.5 Å². The molecule has 1 fully saturated rings. The molecule has 174 valence electrons. The van der Waals surface area contributed by atoms with Gasteiger partial charge in [0.05, 0.1) is 7.11 Å². The van der Waals surface area contributed by atoms with Gasteiger partial charge in [0.25, 0.3) is 0 Å². The Morgan fingerprint density at radius 2 is 1.91 bits per heavy atom. The number of rotatable bonds is 7. The minimum atomic E-state index is -0.0216. The number of nitrogens with zero attached hydrogens (tertiary/aromatic N) is 2. The average Bonchev–Trinajstić information content (AvgIpc) is 3.32. The van der Waals surface area contributed by atoms with Gasteiger partial charge in [-0.3, -0.25) is 4.99 Å². The molecule has 2 aromatic carbocycles. The fourth-order valence-electron chi connectivity index (χ4n) is 3.71. The van der Waals surface area contributed by atoms with E-state index in [4.69, 9.17) is 4.74 Å². The van der Waals surface area contributed by atoms with Crippen molar-refractivity contribution in [3.63, 3.8) is 0 Å². The van der Waals surface area contributed by atoms with Gasteiger partial charge in [-0.2, -0.15) is 0 Å². The van der Waals surface area contributed by atoms with Gasteiger partial charge in [-0.1, -0.05) is 29.8 Å². The number of benzene rings is 2. The molecule has 0 radical (unpaired) electrons. The van der Waals surface area contributed by atoms with E-state index < -0.39 is 0 Å². The number of hydrogen-bond donors (Lipinski definition) is 3. The molecule has 8 heteroatoms. The number of amides is 2. The second kappa shape index (κ2) is 13.1. The van der Waals surface area contributed by atoms with Crippen molar-refractivity contribution in [1.82, 2.24) is 15.5 Å². The first-order chi connectivity index (χ1) is 15.1. The lowest BCUT2D eigenvalue weighted by atomic mass is 10.1. The van der Waals surface area contributed by atoms with Crippen LogP contribution < -0.4 is 20.7 Å². The molecule has 1 saturated heterocycles. The lowest BCUT2D eigenvalue weighted by Crippen LogP contribution is -2.37. The number of nitrogens with one attached hydrogen (secondary N) is 3. The Morgan fingerprint density at radius 1 is 1.12 bits per heavy atom. The SMILES string of the molecule is CN=C(NCCc1cc(C)ccc1OC)NCc1cccc(NC(=O)N2CCCC2)c1.I. The van der Waals surface area contributed by atoms with Gasteiger partial charge in [0.2, 0.25) is 0 Å². The van der Waals surface area contributed by atoms with Crippen LogP contribution >= 0.6 is 24.0 Å². The topological polar surface area (TPSA) is 78.0 Å². The number of carbonyl (C=O) groups is 1. The Kier molecular flexibility index (Phi) is 10.6. The van der Waals surface area contributed by atoms with E-state index in [0.29, 0.717) is 6.54 Å². The maximum atomic E-state index is 12.3. The molecular weight excluding hydrogens is 517 g/mol. The second-order valence-corrected chi connectivity index (χ2v) is 7.74. The summed E-state index contributed by atoms with van der Waals surface area (Å²) in [4.78, 5) is 18.5. The fourth-order valence-corrected chi connectivity index (χ4v) is 3.71. The fraction of sp³-hybridized carbons (Fsp3) is 0.417. The van der Waals surface area contributed by atoms with Gasteiger partial charge in [0, 0.05) is 38.9 Å². The Hall–Kier alpha value is -2.49. The molecule has 1 aliphatic rings. The molecule has 3 N–H and O–H groups in total. The van der Waals surface area contributed by atoms with Crippen LogP contribution in [-0.2, 0) is 13.0 Å². The zero-order valence-electron chi connectivity index (χ0n) is 19.1. The van der Waals surface area contributed by atoms with Crippen LogP contribution in [0.4, 0.5) is 10.5 Å². The Morgan fingerprint density at radius 3 is 2.62 bits per heavy atom. The van der Waals surface area contributed by atoms with Gasteiger partial charge in [0.1, 0.15) is 5.75 Å². The third-order valence-electron chi connectivity index (χ3n) is 5.38.